The van der Waals surface area contributed by atoms with Crippen LogP contribution in [0, 0.1) is 0 Å². The molecule has 6 heteroatoms. The van der Waals surface area contributed by atoms with Gasteiger partial charge in [0.25, 0.3) is 0 Å². The summed E-state index contributed by atoms with van der Waals surface area (Å²) in [6.45, 7) is 5.04. The number of guanidine groups is 1. The van der Waals surface area contributed by atoms with E-state index < -0.39 is 5.60 Å². The quantitative estimate of drug-likeness (QED) is 0.358. The van der Waals surface area contributed by atoms with Crippen molar-refractivity contribution in [1.29, 1.82) is 0 Å². The SMILES string of the molecule is CCNC(=NCC1(O)CCSC1)NCCCOC1CCCCC1. The molecular weight excluding hydrogens is 310 g/mol. The zero-order valence-corrected chi connectivity index (χ0v) is 15.3. The van der Waals surface area contributed by atoms with E-state index in [0.717, 1.165) is 50.0 Å². The third-order valence-corrected chi connectivity index (χ3v) is 5.71. The van der Waals surface area contributed by atoms with Crippen LogP contribution in [-0.4, -0.2) is 60.5 Å². The van der Waals surface area contributed by atoms with Crippen molar-refractivity contribution in [2.45, 2.75) is 63.6 Å². The van der Waals surface area contributed by atoms with Crippen molar-refractivity contribution in [3.63, 3.8) is 0 Å². The fraction of sp³-hybridized carbons (Fsp3) is 0.941. The lowest BCUT2D eigenvalue weighted by Crippen LogP contribution is -2.40. The summed E-state index contributed by atoms with van der Waals surface area (Å²) in [6, 6.07) is 0. The average molecular weight is 344 g/mol. The van der Waals surface area contributed by atoms with E-state index in [0.29, 0.717) is 12.6 Å². The fourth-order valence-corrected chi connectivity index (χ4v) is 4.33. The maximum atomic E-state index is 10.4. The zero-order chi connectivity index (χ0) is 16.4. The Morgan fingerprint density at radius 1 is 1.30 bits per heavy atom. The molecular formula is C17H33N3O2S. The molecule has 1 atom stereocenters. The molecule has 2 aliphatic rings. The third-order valence-electron chi connectivity index (χ3n) is 4.48. The molecule has 5 nitrogen and oxygen atoms in total. The predicted molar refractivity (Wildman–Crippen MR) is 98.3 cm³/mol. The van der Waals surface area contributed by atoms with Crippen molar-refractivity contribution >= 4 is 17.7 Å². The van der Waals surface area contributed by atoms with E-state index in [4.69, 9.17) is 4.74 Å². The van der Waals surface area contributed by atoms with Crippen LogP contribution in [-0.2, 0) is 4.74 Å². The van der Waals surface area contributed by atoms with Crippen molar-refractivity contribution in [1.82, 2.24) is 10.6 Å². The normalized spacial score (nSPS) is 26.4. The average Bonchev–Trinajstić information content (AvgIpc) is 3.00. The monoisotopic (exact) mass is 343 g/mol. The van der Waals surface area contributed by atoms with E-state index >= 15 is 0 Å². The zero-order valence-electron chi connectivity index (χ0n) is 14.5. The Hall–Kier alpha value is -0.460. The van der Waals surface area contributed by atoms with Crippen LogP contribution >= 0.6 is 11.8 Å². The Kier molecular flexibility index (Phi) is 8.55. The van der Waals surface area contributed by atoms with Crippen LogP contribution in [0.15, 0.2) is 4.99 Å². The number of aliphatic imine (C=N–C) groups is 1. The van der Waals surface area contributed by atoms with Crippen LogP contribution in [0.4, 0.5) is 0 Å². The van der Waals surface area contributed by atoms with Crippen LogP contribution in [0.3, 0.4) is 0 Å². The molecule has 0 aromatic heterocycles. The maximum absolute atomic E-state index is 10.4. The highest BCUT2D eigenvalue weighted by molar-refractivity contribution is 7.99. The fourth-order valence-electron chi connectivity index (χ4n) is 3.05. The first-order chi connectivity index (χ1) is 11.2. The molecule has 0 aromatic carbocycles. The van der Waals surface area contributed by atoms with Gasteiger partial charge in [0.2, 0.25) is 0 Å². The Balaban J connectivity index is 1.61. The van der Waals surface area contributed by atoms with Gasteiger partial charge in [-0.2, -0.15) is 11.8 Å². The molecule has 0 spiro atoms. The second-order valence-corrected chi connectivity index (χ2v) is 7.74. The highest BCUT2D eigenvalue weighted by Crippen LogP contribution is 2.27. The van der Waals surface area contributed by atoms with Crippen molar-refractivity contribution in [2.24, 2.45) is 4.99 Å². The van der Waals surface area contributed by atoms with E-state index in [-0.39, 0.29) is 0 Å². The molecule has 1 aliphatic heterocycles. The highest BCUT2D eigenvalue weighted by Gasteiger charge is 2.31. The minimum Gasteiger partial charge on any atom is -0.387 e. The second-order valence-electron chi connectivity index (χ2n) is 6.63. The number of nitrogens with zero attached hydrogens (tertiary/aromatic N) is 1. The summed E-state index contributed by atoms with van der Waals surface area (Å²) < 4.78 is 5.94. The van der Waals surface area contributed by atoms with Gasteiger partial charge in [-0.25, -0.2) is 0 Å². The Labute approximate surface area is 145 Å². The van der Waals surface area contributed by atoms with Gasteiger partial charge >= 0.3 is 0 Å². The summed E-state index contributed by atoms with van der Waals surface area (Å²) in [4.78, 5) is 4.54. The van der Waals surface area contributed by atoms with Crippen LogP contribution in [0.5, 0.6) is 0 Å². The van der Waals surface area contributed by atoms with Crippen LogP contribution in [0.1, 0.15) is 51.9 Å². The van der Waals surface area contributed by atoms with Gasteiger partial charge in [-0.1, -0.05) is 19.3 Å². The standard InChI is InChI=1S/C17H33N3O2S/c1-2-18-16(20-13-17(21)9-12-23-14-17)19-10-6-11-22-15-7-4-3-5-8-15/h15,21H,2-14H2,1H3,(H2,18,19,20). The summed E-state index contributed by atoms with van der Waals surface area (Å²) in [5.74, 6) is 2.63. The summed E-state index contributed by atoms with van der Waals surface area (Å²) >= 11 is 1.81. The molecule has 134 valence electrons. The van der Waals surface area contributed by atoms with Crippen molar-refractivity contribution in [3.8, 4) is 0 Å². The van der Waals surface area contributed by atoms with Crippen LogP contribution in [0.2, 0.25) is 0 Å². The van der Waals surface area contributed by atoms with Crippen molar-refractivity contribution in [2.75, 3.05) is 37.7 Å². The predicted octanol–water partition coefficient (Wildman–Crippen LogP) is 2.15. The van der Waals surface area contributed by atoms with Gasteiger partial charge in [0.15, 0.2) is 5.96 Å². The van der Waals surface area contributed by atoms with Crippen molar-refractivity contribution < 1.29 is 9.84 Å². The summed E-state index contributed by atoms with van der Waals surface area (Å²) in [5.41, 5.74) is -0.614. The van der Waals surface area contributed by atoms with E-state index in [9.17, 15) is 5.11 Å². The summed E-state index contributed by atoms with van der Waals surface area (Å²) in [6.07, 6.45) is 8.79. The molecule has 1 aliphatic carbocycles. The number of nitrogens with one attached hydrogen (secondary N) is 2. The molecule has 1 saturated carbocycles. The van der Waals surface area contributed by atoms with Gasteiger partial charge in [0, 0.05) is 25.4 Å². The number of ether oxygens (including phenoxy) is 1. The van der Waals surface area contributed by atoms with E-state index in [1.165, 1.54) is 32.1 Å². The lowest BCUT2D eigenvalue weighted by Gasteiger charge is -2.22. The van der Waals surface area contributed by atoms with Gasteiger partial charge in [0.05, 0.1) is 18.2 Å². The minimum atomic E-state index is -0.614. The smallest absolute Gasteiger partial charge is 0.191 e. The highest BCUT2D eigenvalue weighted by atomic mass is 32.2. The Bertz CT molecular complexity index is 354. The van der Waals surface area contributed by atoms with Crippen LogP contribution in [0.25, 0.3) is 0 Å². The van der Waals surface area contributed by atoms with E-state index in [2.05, 4.69) is 22.5 Å². The van der Waals surface area contributed by atoms with Gasteiger partial charge in [-0.15, -0.1) is 0 Å². The molecule has 2 rings (SSSR count). The minimum absolute atomic E-state index is 0.480. The van der Waals surface area contributed by atoms with Crippen LogP contribution < -0.4 is 10.6 Å². The Morgan fingerprint density at radius 3 is 2.83 bits per heavy atom. The van der Waals surface area contributed by atoms with Gasteiger partial charge in [-0.3, -0.25) is 4.99 Å². The van der Waals surface area contributed by atoms with E-state index in [1.807, 2.05) is 11.8 Å². The number of hydrogen-bond acceptors (Lipinski definition) is 4. The molecule has 0 amide bonds. The lowest BCUT2D eigenvalue weighted by molar-refractivity contribution is 0.0277. The van der Waals surface area contributed by atoms with Gasteiger partial charge < -0.3 is 20.5 Å². The number of thioether (sulfide) groups is 1. The molecule has 0 aromatic rings. The first-order valence-electron chi connectivity index (χ1n) is 9.16. The maximum Gasteiger partial charge on any atom is 0.191 e. The molecule has 1 unspecified atom stereocenters. The van der Waals surface area contributed by atoms with Gasteiger partial charge in [0.1, 0.15) is 0 Å². The molecule has 0 bridgehead atoms. The molecule has 23 heavy (non-hydrogen) atoms. The largest absolute Gasteiger partial charge is 0.387 e. The topological polar surface area (TPSA) is 65.9 Å². The first-order valence-corrected chi connectivity index (χ1v) is 10.3. The summed E-state index contributed by atoms with van der Waals surface area (Å²) in [7, 11) is 0. The number of aliphatic hydroxyl groups is 1. The third kappa shape index (κ3) is 7.31. The molecule has 1 heterocycles. The second kappa shape index (κ2) is 10.4. The Morgan fingerprint density at radius 2 is 2.13 bits per heavy atom. The lowest BCUT2D eigenvalue weighted by atomic mass is 9.98. The summed E-state index contributed by atoms with van der Waals surface area (Å²) in [5, 5.41) is 16.9. The number of rotatable bonds is 8. The first kappa shape index (κ1) is 18.9. The van der Waals surface area contributed by atoms with Gasteiger partial charge in [-0.05, 0) is 38.4 Å². The molecule has 1 saturated heterocycles. The van der Waals surface area contributed by atoms with Crippen molar-refractivity contribution in [3.05, 3.63) is 0 Å². The molecule has 0 radical (unpaired) electrons. The number of hydrogen-bond donors (Lipinski definition) is 3. The van der Waals surface area contributed by atoms with E-state index in [1.54, 1.807) is 0 Å². The molecule has 3 N–H and O–H groups in total. The molecule has 2 fully saturated rings.